The molecule has 2 saturated carbocycles. The van der Waals surface area contributed by atoms with Crippen LogP contribution in [-0.2, 0) is 12.8 Å². The lowest BCUT2D eigenvalue weighted by Gasteiger charge is -2.32. The molecule has 4 rings (SSSR count). The minimum Gasteiger partial charge on any atom is -0.478 e. The number of hydrogen-bond acceptors (Lipinski definition) is 2. The Balaban J connectivity index is 1.76. The van der Waals surface area contributed by atoms with Gasteiger partial charge in [-0.15, -0.1) is 0 Å². The zero-order valence-corrected chi connectivity index (χ0v) is 12.5. The highest BCUT2D eigenvalue weighted by Gasteiger charge is 2.45. The summed E-state index contributed by atoms with van der Waals surface area (Å²) >= 11 is 0. The fourth-order valence-electron chi connectivity index (χ4n) is 4.42. The summed E-state index contributed by atoms with van der Waals surface area (Å²) < 4.78 is 0. The Kier molecular flexibility index (Phi) is 2.87. The van der Waals surface area contributed by atoms with Crippen LogP contribution in [0.15, 0.2) is 6.07 Å². The molecule has 0 heterocycles. The predicted molar refractivity (Wildman–Crippen MR) is 80.6 cm³/mol. The number of carboxylic acid groups (broad SMARTS) is 2. The summed E-state index contributed by atoms with van der Waals surface area (Å²) in [6, 6.07) is 1.67. The predicted octanol–water partition coefficient (Wildman–Crippen LogP) is 3.62. The maximum atomic E-state index is 11.7. The molecule has 0 radical (unpaired) electrons. The van der Waals surface area contributed by atoms with Crippen LogP contribution in [0.1, 0.15) is 81.8 Å². The van der Waals surface area contributed by atoms with Crippen molar-refractivity contribution in [3.05, 3.63) is 33.9 Å². The Hall–Kier alpha value is -1.84. The van der Waals surface area contributed by atoms with Gasteiger partial charge >= 0.3 is 11.9 Å². The third-order valence-corrected chi connectivity index (χ3v) is 6.09. The SMILES string of the molecule is O=C(O)c1cc(C2CCC3(CC2)CC3)c(C(=O)O)c2c1CC2. The van der Waals surface area contributed by atoms with Crippen LogP contribution in [0.5, 0.6) is 0 Å². The summed E-state index contributed by atoms with van der Waals surface area (Å²) in [5.74, 6) is -1.61. The maximum absolute atomic E-state index is 11.7. The fraction of sp³-hybridized carbons (Fsp3) is 0.556. The van der Waals surface area contributed by atoms with Crippen molar-refractivity contribution in [2.45, 2.75) is 57.3 Å². The van der Waals surface area contributed by atoms with Gasteiger partial charge in [0.25, 0.3) is 0 Å². The quantitative estimate of drug-likeness (QED) is 0.894. The Labute approximate surface area is 129 Å². The van der Waals surface area contributed by atoms with Crippen molar-refractivity contribution in [1.29, 1.82) is 0 Å². The van der Waals surface area contributed by atoms with Crippen LogP contribution < -0.4 is 0 Å². The van der Waals surface area contributed by atoms with E-state index in [0.717, 1.165) is 42.4 Å². The van der Waals surface area contributed by atoms with E-state index in [4.69, 9.17) is 0 Å². The van der Waals surface area contributed by atoms with Gasteiger partial charge in [0, 0.05) is 0 Å². The van der Waals surface area contributed by atoms with Crippen LogP contribution >= 0.6 is 0 Å². The molecule has 2 fully saturated rings. The summed E-state index contributed by atoms with van der Waals surface area (Å²) in [5, 5.41) is 19.1. The maximum Gasteiger partial charge on any atom is 0.336 e. The van der Waals surface area contributed by atoms with Crippen molar-refractivity contribution in [2.24, 2.45) is 5.41 Å². The molecule has 1 spiro atoms. The molecular formula is C18H20O4. The number of aromatic carboxylic acids is 2. The smallest absolute Gasteiger partial charge is 0.336 e. The number of carbonyl (C=O) groups is 2. The average Bonchev–Trinajstić information content (AvgIpc) is 3.19. The minimum atomic E-state index is -0.927. The first-order valence-corrected chi connectivity index (χ1v) is 8.16. The first-order valence-electron chi connectivity index (χ1n) is 8.16. The van der Waals surface area contributed by atoms with E-state index >= 15 is 0 Å². The zero-order valence-electron chi connectivity index (χ0n) is 12.5. The van der Waals surface area contributed by atoms with Gasteiger partial charge in [-0.3, -0.25) is 0 Å². The Morgan fingerprint density at radius 2 is 1.59 bits per heavy atom. The summed E-state index contributed by atoms with van der Waals surface area (Å²) in [4.78, 5) is 23.2. The second-order valence-electron chi connectivity index (χ2n) is 7.23. The monoisotopic (exact) mass is 300 g/mol. The Bertz CT molecular complexity index is 675. The van der Waals surface area contributed by atoms with Gasteiger partial charge in [-0.1, -0.05) is 0 Å². The number of carboxylic acids is 2. The van der Waals surface area contributed by atoms with Crippen molar-refractivity contribution in [1.82, 2.24) is 0 Å². The van der Waals surface area contributed by atoms with Crippen LogP contribution in [0.25, 0.3) is 0 Å². The van der Waals surface area contributed by atoms with E-state index in [-0.39, 0.29) is 5.92 Å². The molecule has 4 heteroatoms. The molecule has 0 bridgehead atoms. The van der Waals surface area contributed by atoms with Gasteiger partial charge in [0.1, 0.15) is 0 Å². The molecule has 0 atom stereocenters. The topological polar surface area (TPSA) is 74.6 Å². The van der Waals surface area contributed by atoms with E-state index in [9.17, 15) is 19.8 Å². The van der Waals surface area contributed by atoms with Crippen LogP contribution in [0.3, 0.4) is 0 Å². The third-order valence-electron chi connectivity index (χ3n) is 6.09. The van der Waals surface area contributed by atoms with E-state index in [1.54, 1.807) is 6.07 Å². The van der Waals surface area contributed by atoms with E-state index in [2.05, 4.69) is 0 Å². The first-order chi connectivity index (χ1) is 10.5. The molecule has 0 aliphatic heterocycles. The standard InChI is InChI=1S/C18H20O4/c19-16(20)14-9-13(10-3-5-18(6-4-10)7-8-18)15(17(21)22)12-2-1-11(12)14/h9-10H,1-8H2,(H,19,20)(H,21,22). The summed E-state index contributed by atoms with van der Waals surface area (Å²) in [7, 11) is 0. The Morgan fingerprint density at radius 1 is 0.955 bits per heavy atom. The average molecular weight is 300 g/mol. The van der Waals surface area contributed by atoms with Crippen LogP contribution in [-0.4, -0.2) is 22.2 Å². The highest BCUT2D eigenvalue weighted by molar-refractivity contribution is 5.97. The van der Waals surface area contributed by atoms with Gasteiger partial charge in [0.05, 0.1) is 11.1 Å². The van der Waals surface area contributed by atoms with Gasteiger partial charge in [0.15, 0.2) is 0 Å². The molecule has 3 aliphatic rings. The molecule has 4 nitrogen and oxygen atoms in total. The molecule has 1 aromatic carbocycles. The highest BCUT2D eigenvalue weighted by atomic mass is 16.4. The second-order valence-corrected chi connectivity index (χ2v) is 7.23. The van der Waals surface area contributed by atoms with Gasteiger partial charge in [-0.05, 0) is 85.5 Å². The van der Waals surface area contributed by atoms with E-state index in [1.807, 2.05) is 0 Å². The van der Waals surface area contributed by atoms with Crippen molar-refractivity contribution in [3.63, 3.8) is 0 Å². The fourth-order valence-corrected chi connectivity index (χ4v) is 4.42. The molecule has 0 amide bonds. The largest absolute Gasteiger partial charge is 0.478 e. The van der Waals surface area contributed by atoms with Gasteiger partial charge < -0.3 is 10.2 Å². The highest BCUT2D eigenvalue weighted by Crippen LogP contribution is 2.59. The number of fused-ring (bicyclic) bond motifs is 1. The minimum absolute atomic E-state index is 0.210. The number of rotatable bonds is 3. The van der Waals surface area contributed by atoms with Crippen molar-refractivity contribution in [2.75, 3.05) is 0 Å². The van der Waals surface area contributed by atoms with E-state index in [1.165, 1.54) is 12.8 Å². The molecule has 2 N–H and O–H groups in total. The van der Waals surface area contributed by atoms with Crippen LogP contribution in [0.4, 0.5) is 0 Å². The van der Waals surface area contributed by atoms with E-state index < -0.39 is 11.9 Å². The van der Waals surface area contributed by atoms with Gasteiger partial charge in [-0.2, -0.15) is 0 Å². The molecule has 3 aliphatic carbocycles. The molecular weight excluding hydrogens is 280 g/mol. The lowest BCUT2D eigenvalue weighted by atomic mass is 9.71. The van der Waals surface area contributed by atoms with Crippen LogP contribution in [0, 0.1) is 5.41 Å². The van der Waals surface area contributed by atoms with Crippen LogP contribution in [0.2, 0.25) is 0 Å². The van der Waals surface area contributed by atoms with Gasteiger partial charge in [-0.25, -0.2) is 9.59 Å². The number of benzene rings is 1. The number of hydrogen-bond donors (Lipinski definition) is 2. The summed E-state index contributed by atoms with van der Waals surface area (Å²) in [5.41, 5.74) is 3.57. The van der Waals surface area contributed by atoms with Gasteiger partial charge in [0.2, 0.25) is 0 Å². The molecule has 0 saturated heterocycles. The lowest BCUT2D eigenvalue weighted by molar-refractivity contribution is 0.0675. The third kappa shape index (κ3) is 1.97. The van der Waals surface area contributed by atoms with Crippen molar-refractivity contribution in [3.8, 4) is 0 Å². The van der Waals surface area contributed by atoms with Crippen molar-refractivity contribution >= 4 is 11.9 Å². The Morgan fingerprint density at radius 3 is 2.05 bits per heavy atom. The first kappa shape index (κ1) is 13.8. The molecule has 1 aromatic rings. The normalized spacial score (nSPS) is 22.0. The summed E-state index contributed by atoms with van der Waals surface area (Å²) in [6.45, 7) is 0. The molecule has 116 valence electrons. The molecule has 22 heavy (non-hydrogen) atoms. The van der Waals surface area contributed by atoms with E-state index in [0.29, 0.717) is 29.4 Å². The lowest BCUT2D eigenvalue weighted by Crippen LogP contribution is -2.24. The molecule has 0 unspecified atom stereocenters. The molecule has 0 aromatic heterocycles. The van der Waals surface area contributed by atoms with Crippen molar-refractivity contribution < 1.29 is 19.8 Å². The summed E-state index contributed by atoms with van der Waals surface area (Å²) in [6.07, 6.45) is 8.34. The zero-order chi connectivity index (χ0) is 15.5. The second kappa shape index (κ2) is 4.58.